The lowest BCUT2D eigenvalue weighted by Crippen LogP contribution is -2.23. The molecule has 2 N–H and O–H groups in total. The van der Waals surface area contributed by atoms with Gasteiger partial charge >= 0.3 is 0 Å². The van der Waals surface area contributed by atoms with Gasteiger partial charge in [-0.2, -0.15) is 0 Å². The topological polar surface area (TPSA) is 84.1 Å². The first-order valence-corrected chi connectivity index (χ1v) is 12.8. The van der Waals surface area contributed by atoms with E-state index in [0.717, 1.165) is 11.1 Å². The van der Waals surface area contributed by atoms with Crippen molar-refractivity contribution in [1.82, 2.24) is 9.97 Å². The van der Waals surface area contributed by atoms with Gasteiger partial charge in [-0.25, -0.2) is 4.98 Å². The molecule has 0 radical (unpaired) electrons. The zero-order valence-electron chi connectivity index (χ0n) is 19.1. The number of carbonyl (C=O) groups excluding carboxylic acids is 1. The van der Waals surface area contributed by atoms with Gasteiger partial charge in [-0.05, 0) is 42.2 Å². The number of carbonyl (C=O) groups is 1. The number of rotatable bonds is 7. The zero-order valence-corrected chi connectivity index (χ0v) is 21.5. The van der Waals surface area contributed by atoms with Crippen molar-refractivity contribution in [3.05, 3.63) is 68.8 Å². The number of nitrogens with one attached hydrogen (secondary N) is 2. The van der Waals surface area contributed by atoms with Crippen LogP contribution in [0.4, 0.5) is 5.69 Å². The molecule has 34 heavy (non-hydrogen) atoms. The number of amides is 1. The van der Waals surface area contributed by atoms with E-state index < -0.39 is 5.25 Å². The number of anilines is 1. The van der Waals surface area contributed by atoms with Gasteiger partial charge in [-0.3, -0.25) is 9.59 Å². The average Bonchev–Trinajstić information content (AvgIpc) is 3.24. The molecule has 0 saturated carbocycles. The lowest BCUT2D eigenvalue weighted by Gasteiger charge is -2.12. The zero-order chi connectivity index (χ0) is 24.4. The third-order valence-electron chi connectivity index (χ3n) is 5.39. The molecule has 1 unspecified atom stereocenters. The van der Waals surface area contributed by atoms with Crippen molar-refractivity contribution in [2.45, 2.75) is 37.1 Å². The number of H-pyrrole nitrogens is 1. The second kappa shape index (κ2) is 10.2. The van der Waals surface area contributed by atoms with E-state index >= 15 is 0 Å². The SMILES string of the molecule is COc1ccc(NC(=O)C(C)Sc2nc3scc(-c4ccc(C(C)C)cc4)c3c(=O)[nH]2)cc1Cl. The quantitative estimate of drug-likeness (QED) is 0.216. The Labute approximate surface area is 210 Å². The molecule has 1 amide bonds. The monoisotopic (exact) mass is 513 g/mol. The van der Waals surface area contributed by atoms with E-state index in [1.165, 1.54) is 35.8 Å². The number of hydrogen-bond acceptors (Lipinski definition) is 6. The van der Waals surface area contributed by atoms with E-state index in [9.17, 15) is 9.59 Å². The highest BCUT2D eigenvalue weighted by Gasteiger charge is 2.19. The van der Waals surface area contributed by atoms with Crippen LogP contribution in [0.5, 0.6) is 5.75 Å². The molecule has 176 valence electrons. The van der Waals surface area contributed by atoms with Crippen molar-refractivity contribution in [2.75, 3.05) is 12.4 Å². The third-order valence-corrected chi connectivity index (χ3v) is 7.54. The van der Waals surface area contributed by atoms with Crippen LogP contribution in [0.1, 0.15) is 32.3 Å². The van der Waals surface area contributed by atoms with Crippen LogP contribution in [0.25, 0.3) is 21.3 Å². The van der Waals surface area contributed by atoms with Crippen LogP contribution < -0.4 is 15.6 Å². The minimum absolute atomic E-state index is 0.216. The smallest absolute Gasteiger partial charge is 0.260 e. The van der Waals surface area contributed by atoms with Crippen molar-refractivity contribution in [3.63, 3.8) is 0 Å². The fourth-order valence-corrected chi connectivity index (χ4v) is 5.51. The van der Waals surface area contributed by atoms with Crippen LogP contribution in [-0.2, 0) is 4.79 Å². The summed E-state index contributed by atoms with van der Waals surface area (Å²) in [6, 6.07) is 13.3. The van der Waals surface area contributed by atoms with Crippen molar-refractivity contribution >= 4 is 56.5 Å². The Morgan fingerprint density at radius 2 is 1.91 bits per heavy atom. The van der Waals surface area contributed by atoms with E-state index in [1.54, 1.807) is 25.1 Å². The summed E-state index contributed by atoms with van der Waals surface area (Å²) in [6.45, 7) is 6.05. The van der Waals surface area contributed by atoms with Crippen molar-refractivity contribution < 1.29 is 9.53 Å². The maximum Gasteiger partial charge on any atom is 0.260 e. The number of hydrogen-bond donors (Lipinski definition) is 2. The number of thioether (sulfide) groups is 1. The summed E-state index contributed by atoms with van der Waals surface area (Å²) in [5.74, 6) is 0.744. The molecule has 0 fully saturated rings. The van der Waals surface area contributed by atoms with Gasteiger partial charge in [0.2, 0.25) is 5.91 Å². The molecule has 9 heteroatoms. The first kappa shape index (κ1) is 24.3. The van der Waals surface area contributed by atoms with E-state index in [2.05, 4.69) is 41.3 Å². The van der Waals surface area contributed by atoms with Crippen LogP contribution in [0.2, 0.25) is 5.02 Å². The number of aromatic amines is 1. The van der Waals surface area contributed by atoms with Crippen molar-refractivity contribution in [3.8, 4) is 16.9 Å². The fraction of sp³-hybridized carbons (Fsp3) is 0.240. The summed E-state index contributed by atoms with van der Waals surface area (Å²) in [6.07, 6.45) is 0. The van der Waals surface area contributed by atoms with Gasteiger partial charge in [0.15, 0.2) is 5.16 Å². The minimum atomic E-state index is -0.496. The summed E-state index contributed by atoms with van der Waals surface area (Å²) >= 11 is 8.74. The molecule has 4 rings (SSSR count). The van der Waals surface area contributed by atoms with E-state index in [4.69, 9.17) is 16.3 Å². The van der Waals surface area contributed by atoms with Gasteiger partial charge in [0.1, 0.15) is 10.6 Å². The van der Waals surface area contributed by atoms with Gasteiger partial charge in [-0.1, -0.05) is 61.5 Å². The maximum atomic E-state index is 12.9. The predicted octanol–water partition coefficient (Wildman–Crippen LogP) is 6.56. The molecule has 4 aromatic rings. The van der Waals surface area contributed by atoms with Gasteiger partial charge < -0.3 is 15.0 Å². The van der Waals surface area contributed by atoms with Gasteiger partial charge in [0, 0.05) is 16.6 Å². The second-order valence-electron chi connectivity index (χ2n) is 8.08. The second-order valence-corrected chi connectivity index (χ2v) is 10.7. The number of benzene rings is 2. The van der Waals surface area contributed by atoms with Crippen molar-refractivity contribution in [2.24, 2.45) is 0 Å². The van der Waals surface area contributed by atoms with Gasteiger partial charge in [-0.15, -0.1) is 11.3 Å². The van der Waals surface area contributed by atoms with Crippen LogP contribution in [0, 0.1) is 0 Å². The van der Waals surface area contributed by atoms with Crippen molar-refractivity contribution in [1.29, 1.82) is 0 Å². The van der Waals surface area contributed by atoms with Gasteiger partial charge in [0.25, 0.3) is 5.56 Å². The highest BCUT2D eigenvalue weighted by Crippen LogP contribution is 2.33. The summed E-state index contributed by atoms with van der Waals surface area (Å²) in [7, 11) is 1.53. The largest absolute Gasteiger partial charge is 0.495 e. The lowest BCUT2D eigenvalue weighted by molar-refractivity contribution is -0.115. The molecule has 1 atom stereocenters. The molecule has 0 bridgehead atoms. The lowest BCUT2D eigenvalue weighted by atomic mass is 9.99. The maximum absolute atomic E-state index is 12.9. The number of thiophene rings is 1. The van der Waals surface area contributed by atoms with Crippen LogP contribution in [-0.4, -0.2) is 28.2 Å². The first-order chi connectivity index (χ1) is 16.3. The Bertz CT molecular complexity index is 1400. The molecule has 6 nitrogen and oxygen atoms in total. The fourth-order valence-electron chi connectivity index (χ4n) is 3.45. The number of methoxy groups -OCH3 is 1. The Morgan fingerprint density at radius 3 is 2.56 bits per heavy atom. The van der Waals surface area contributed by atoms with Crippen LogP contribution in [0.3, 0.4) is 0 Å². The molecular weight excluding hydrogens is 490 g/mol. The summed E-state index contributed by atoms with van der Waals surface area (Å²) in [5.41, 5.74) is 3.44. The number of aromatic nitrogens is 2. The number of fused-ring (bicyclic) bond motifs is 1. The summed E-state index contributed by atoms with van der Waals surface area (Å²) in [4.78, 5) is 33.7. The molecule has 2 aromatic heterocycles. The molecule has 2 aromatic carbocycles. The Balaban J connectivity index is 1.52. The molecule has 0 aliphatic heterocycles. The third kappa shape index (κ3) is 5.14. The molecule has 0 saturated heterocycles. The summed E-state index contributed by atoms with van der Waals surface area (Å²) < 4.78 is 5.13. The molecule has 2 heterocycles. The average molecular weight is 514 g/mol. The van der Waals surface area contributed by atoms with Gasteiger partial charge in [0.05, 0.1) is 22.8 Å². The Kier molecular flexibility index (Phi) is 7.30. The molecule has 0 aliphatic carbocycles. The minimum Gasteiger partial charge on any atom is -0.495 e. The first-order valence-electron chi connectivity index (χ1n) is 10.7. The molecule has 0 aliphatic rings. The highest BCUT2D eigenvalue weighted by atomic mass is 35.5. The summed E-state index contributed by atoms with van der Waals surface area (Å²) in [5, 5.41) is 5.66. The predicted molar refractivity (Wildman–Crippen MR) is 142 cm³/mol. The highest BCUT2D eigenvalue weighted by molar-refractivity contribution is 8.00. The van der Waals surface area contributed by atoms with Crippen LogP contribution in [0.15, 0.2) is 57.8 Å². The van der Waals surface area contributed by atoms with E-state index in [1.807, 2.05) is 17.5 Å². The number of ether oxygens (including phenoxy) is 1. The standard InChI is InChI=1S/C25H24ClN3O3S2/c1-13(2)15-5-7-16(8-6-15)18-12-33-24-21(18)23(31)28-25(29-24)34-14(3)22(30)27-17-9-10-20(32-4)19(26)11-17/h5-14H,1-4H3,(H,27,30)(H,28,29,31). The molecular formula is C25H24ClN3O3S2. The Hall–Kier alpha value is -2.81. The van der Waals surface area contributed by atoms with Crippen LogP contribution >= 0.6 is 34.7 Å². The number of nitrogens with zero attached hydrogens (tertiary/aromatic N) is 1. The van der Waals surface area contributed by atoms with E-state index in [-0.39, 0.29) is 11.5 Å². The normalized spacial score (nSPS) is 12.2. The molecule has 0 spiro atoms. The van der Waals surface area contributed by atoms with E-state index in [0.29, 0.717) is 37.8 Å². The Morgan fingerprint density at radius 1 is 1.18 bits per heavy atom. The number of halogens is 1.